The van der Waals surface area contributed by atoms with E-state index in [-0.39, 0.29) is 17.2 Å². The molecule has 0 bridgehead atoms. The lowest BCUT2D eigenvalue weighted by Crippen LogP contribution is -2.13. The Morgan fingerprint density at radius 3 is 1.53 bits per heavy atom. The third-order valence-electron chi connectivity index (χ3n) is 6.45. The first-order valence-corrected chi connectivity index (χ1v) is 11.1. The number of nitrogens with zero attached hydrogens (tertiary/aromatic N) is 1. The quantitative estimate of drug-likeness (QED) is 0.289. The van der Waals surface area contributed by atoms with Gasteiger partial charge in [-0.2, -0.15) is 0 Å². The Hall–Kier alpha value is -4.12. The van der Waals surface area contributed by atoms with Crippen molar-refractivity contribution in [2.24, 2.45) is 0 Å². The van der Waals surface area contributed by atoms with Gasteiger partial charge in [0.25, 0.3) is 0 Å². The highest BCUT2D eigenvalue weighted by molar-refractivity contribution is 5.82. The monoisotopic (exact) mass is 455 g/mol. The summed E-state index contributed by atoms with van der Waals surface area (Å²) in [6.45, 7) is 9.61. The number of hydrogen-bond donors (Lipinski definition) is 3. The van der Waals surface area contributed by atoms with Crippen LogP contribution in [0.1, 0.15) is 27.8 Å². The Morgan fingerprint density at radius 1 is 0.529 bits per heavy atom. The van der Waals surface area contributed by atoms with Crippen molar-refractivity contribution in [3.05, 3.63) is 94.5 Å². The normalized spacial score (nSPS) is 10.9. The van der Waals surface area contributed by atoms with Gasteiger partial charge in [-0.15, -0.1) is 0 Å². The second kappa shape index (κ2) is 9.02. The van der Waals surface area contributed by atoms with Gasteiger partial charge in [0.1, 0.15) is 28.7 Å². The summed E-state index contributed by atoms with van der Waals surface area (Å²) in [7, 11) is 0. The van der Waals surface area contributed by atoms with Gasteiger partial charge in [0.2, 0.25) is 0 Å². The van der Waals surface area contributed by atoms with Gasteiger partial charge in [-0.25, -0.2) is 0 Å². The lowest BCUT2D eigenvalue weighted by Gasteiger charge is -2.30. The molecule has 5 nitrogen and oxygen atoms in total. The molecular weight excluding hydrogens is 426 g/mol. The SMILES string of the molecule is Cc1ccc(Oc2ccc(N(c3ccc(O)c(C)c3C)c3ccc(O)c(C)c3C)cc2)cc1O. The first kappa shape index (κ1) is 23.1. The molecule has 0 aliphatic heterocycles. The Balaban J connectivity index is 1.79. The Bertz CT molecular complexity index is 1300. The van der Waals surface area contributed by atoms with E-state index in [1.165, 1.54) is 0 Å². The van der Waals surface area contributed by atoms with E-state index in [1.54, 1.807) is 18.2 Å². The zero-order chi connectivity index (χ0) is 24.6. The molecule has 0 aromatic heterocycles. The number of hydrogen-bond acceptors (Lipinski definition) is 5. The number of phenols is 3. The summed E-state index contributed by atoms with van der Waals surface area (Å²) in [5.74, 6) is 1.90. The van der Waals surface area contributed by atoms with Crippen LogP contribution < -0.4 is 9.64 Å². The van der Waals surface area contributed by atoms with E-state index in [1.807, 2.05) is 83.1 Å². The molecule has 0 spiro atoms. The summed E-state index contributed by atoms with van der Waals surface area (Å²) in [5, 5.41) is 30.4. The molecule has 0 radical (unpaired) electrons. The van der Waals surface area contributed by atoms with Gasteiger partial charge >= 0.3 is 0 Å². The minimum Gasteiger partial charge on any atom is -0.508 e. The molecule has 4 rings (SSSR count). The topological polar surface area (TPSA) is 73.2 Å². The van der Waals surface area contributed by atoms with Gasteiger partial charge in [-0.1, -0.05) is 6.07 Å². The van der Waals surface area contributed by atoms with Crippen molar-refractivity contribution in [1.29, 1.82) is 0 Å². The molecule has 0 amide bonds. The number of aromatic hydroxyl groups is 3. The number of benzene rings is 4. The van der Waals surface area contributed by atoms with Crippen molar-refractivity contribution in [1.82, 2.24) is 0 Å². The number of anilines is 3. The van der Waals surface area contributed by atoms with Crippen LogP contribution in [0.25, 0.3) is 0 Å². The first-order valence-electron chi connectivity index (χ1n) is 11.1. The Morgan fingerprint density at radius 2 is 1.03 bits per heavy atom. The van der Waals surface area contributed by atoms with Crippen LogP contribution in [0.5, 0.6) is 28.7 Å². The summed E-state index contributed by atoms with van der Waals surface area (Å²) in [6.07, 6.45) is 0. The van der Waals surface area contributed by atoms with Gasteiger partial charge in [-0.3, -0.25) is 0 Å². The average Bonchev–Trinajstić information content (AvgIpc) is 2.82. The molecule has 34 heavy (non-hydrogen) atoms. The van der Waals surface area contributed by atoms with Crippen molar-refractivity contribution < 1.29 is 20.1 Å². The fraction of sp³-hybridized carbons (Fsp3) is 0.172. The molecule has 0 atom stereocenters. The molecule has 5 heteroatoms. The van der Waals surface area contributed by atoms with Gasteiger partial charge in [-0.05, 0) is 117 Å². The van der Waals surface area contributed by atoms with E-state index in [9.17, 15) is 15.3 Å². The zero-order valence-corrected chi connectivity index (χ0v) is 20.0. The van der Waals surface area contributed by atoms with Crippen LogP contribution in [-0.4, -0.2) is 15.3 Å². The highest BCUT2D eigenvalue weighted by atomic mass is 16.5. The lowest BCUT2D eigenvalue weighted by molar-refractivity contribution is 0.452. The molecule has 3 N–H and O–H groups in total. The van der Waals surface area contributed by atoms with Crippen LogP contribution in [0.3, 0.4) is 0 Å². The van der Waals surface area contributed by atoms with Crippen LogP contribution >= 0.6 is 0 Å². The van der Waals surface area contributed by atoms with Crippen molar-refractivity contribution in [2.75, 3.05) is 4.90 Å². The maximum atomic E-state index is 10.2. The van der Waals surface area contributed by atoms with Crippen molar-refractivity contribution in [3.8, 4) is 28.7 Å². The van der Waals surface area contributed by atoms with Gasteiger partial charge < -0.3 is 25.0 Å². The molecule has 4 aromatic rings. The molecular formula is C29H29NO4. The van der Waals surface area contributed by atoms with Crippen LogP contribution in [0, 0.1) is 34.6 Å². The van der Waals surface area contributed by atoms with E-state index in [4.69, 9.17) is 4.74 Å². The number of phenolic OH excluding ortho intramolecular Hbond substituents is 3. The first-order chi connectivity index (χ1) is 16.2. The van der Waals surface area contributed by atoms with Gasteiger partial charge in [0, 0.05) is 23.1 Å². The molecule has 0 unspecified atom stereocenters. The minimum absolute atomic E-state index is 0.191. The van der Waals surface area contributed by atoms with Crippen molar-refractivity contribution in [3.63, 3.8) is 0 Å². The number of aryl methyl sites for hydroxylation is 1. The largest absolute Gasteiger partial charge is 0.508 e. The second-order valence-electron chi connectivity index (χ2n) is 8.59. The van der Waals surface area contributed by atoms with Crippen molar-refractivity contribution in [2.45, 2.75) is 34.6 Å². The molecule has 0 heterocycles. The van der Waals surface area contributed by atoms with E-state index in [2.05, 4.69) is 4.90 Å². The van der Waals surface area contributed by atoms with Crippen LogP contribution in [-0.2, 0) is 0 Å². The summed E-state index contributed by atoms with van der Waals surface area (Å²) >= 11 is 0. The van der Waals surface area contributed by atoms with Crippen molar-refractivity contribution >= 4 is 17.1 Å². The second-order valence-corrected chi connectivity index (χ2v) is 8.59. The van der Waals surface area contributed by atoms with E-state index < -0.39 is 0 Å². The number of ether oxygens (including phenoxy) is 1. The predicted octanol–water partition coefficient (Wildman–Crippen LogP) is 7.61. The third kappa shape index (κ3) is 4.25. The molecule has 0 aliphatic carbocycles. The average molecular weight is 456 g/mol. The number of rotatable bonds is 5. The molecule has 0 aliphatic rings. The zero-order valence-electron chi connectivity index (χ0n) is 20.0. The van der Waals surface area contributed by atoms with Gasteiger partial charge in [0.15, 0.2) is 0 Å². The smallest absolute Gasteiger partial charge is 0.131 e. The summed E-state index contributed by atoms with van der Waals surface area (Å²) in [4.78, 5) is 2.12. The Kier molecular flexibility index (Phi) is 6.12. The Labute approximate surface area is 200 Å². The van der Waals surface area contributed by atoms with Crippen LogP contribution in [0.15, 0.2) is 66.7 Å². The summed E-state index contributed by atoms with van der Waals surface area (Å²) < 4.78 is 5.93. The standard InChI is InChI=1S/C29H29NO4/c1-17-6-9-24(16-29(17)33)34-23-10-7-22(8-11-23)30(25-12-14-27(31)20(4)18(25)2)26-13-15-28(32)21(5)19(26)3/h6-16,31-33H,1-5H3. The highest BCUT2D eigenvalue weighted by Crippen LogP contribution is 2.43. The fourth-order valence-electron chi connectivity index (χ4n) is 3.93. The minimum atomic E-state index is 0.191. The van der Waals surface area contributed by atoms with Crippen LogP contribution in [0.4, 0.5) is 17.1 Å². The predicted molar refractivity (Wildman–Crippen MR) is 136 cm³/mol. The van der Waals surface area contributed by atoms with Crippen LogP contribution in [0.2, 0.25) is 0 Å². The molecule has 0 saturated carbocycles. The molecule has 174 valence electrons. The summed E-state index contributed by atoms with van der Waals surface area (Å²) in [6, 6.07) is 20.1. The highest BCUT2D eigenvalue weighted by Gasteiger charge is 2.20. The molecule has 0 fully saturated rings. The fourth-order valence-corrected chi connectivity index (χ4v) is 3.93. The maximum Gasteiger partial charge on any atom is 0.131 e. The van der Waals surface area contributed by atoms with E-state index in [0.29, 0.717) is 11.5 Å². The maximum absolute atomic E-state index is 10.2. The third-order valence-corrected chi connectivity index (χ3v) is 6.45. The molecule has 4 aromatic carbocycles. The van der Waals surface area contributed by atoms with E-state index in [0.717, 1.165) is 44.9 Å². The molecule has 0 saturated heterocycles. The lowest BCUT2D eigenvalue weighted by atomic mass is 10.0. The summed E-state index contributed by atoms with van der Waals surface area (Å²) in [5.41, 5.74) is 7.10. The van der Waals surface area contributed by atoms with Gasteiger partial charge in [0.05, 0.1) is 0 Å². The van der Waals surface area contributed by atoms with E-state index >= 15 is 0 Å².